The summed E-state index contributed by atoms with van der Waals surface area (Å²) in [6.45, 7) is 0.456. The number of fused-ring (bicyclic) bond motifs is 1. The molecule has 0 fully saturated rings. The molecular weight excluding hydrogens is 494 g/mol. The van der Waals surface area contributed by atoms with Crippen LogP contribution in [-0.4, -0.2) is 42.0 Å². The van der Waals surface area contributed by atoms with Gasteiger partial charge in [-0.25, -0.2) is 22.9 Å². The van der Waals surface area contributed by atoms with Crippen LogP contribution in [0.15, 0.2) is 90.1 Å². The first kappa shape index (κ1) is 23.7. The lowest BCUT2D eigenvalue weighted by Crippen LogP contribution is -2.30. The molecule has 0 aliphatic carbocycles. The van der Waals surface area contributed by atoms with Crippen molar-refractivity contribution in [3.8, 4) is 16.8 Å². The molecule has 5 aromatic rings. The van der Waals surface area contributed by atoms with E-state index in [4.69, 9.17) is 0 Å². The Morgan fingerprint density at radius 3 is 2.61 bits per heavy atom. The first-order valence-electron chi connectivity index (χ1n) is 11.2. The first-order valence-corrected chi connectivity index (χ1v) is 13.9. The quantitative estimate of drug-likeness (QED) is 0.319. The average Bonchev–Trinajstić information content (AvgIpc) is 3.50. The summed E-state index contributed by atoms with van der Waals surface area (Å²) >= 11 is 1.36. The molecule has 2 heterocycles. The van der Waals surface area contributed by atoms with E-state index < -0.39 is 9.84 Å². The maximum absolute atomic E-state index is 12.4. The SMILES string of the molecule is CS(=O)(=O)c1cccc(-c2ccc3nc(NC(=O)NCCc4cnn(-c5ccccc5)c4)sc3c2)c1. The van der Waals surface area contributed by atoms with Crippen molar-refractivity contribution in [2.24, 2.45) is 0 Å². The fourth-order valence-electron chi connectivity index (χ4n) is 3.74. The van der Waals surface area contributed by atoms with Gasteiger partial charge >= 0.3 is 6.03 Å². The Morgan fingerprint density at radius 1 is 1.00 bits per heavy atom. The Hall–Kier alpha value is -4.02. The second-order valence-corrected chi connectivity index (χ2v) is 11.3. The predicted molar refractivity (Wildman–Crippen MR) is 142 cm³/mol. The number of hydrogen-bond acceptors (Lipinski definition) is 6. The van der Waals surface area contributed by atoms with E-state index in [9.17, 15) is 13.2 Å². The summed E-state index contributed by atoms with van der Waals surface area (Å²) in [6.07, 6.45) is 5.59. The number of anilines is 1. The van der Waals surface area contributed by atoms with Crippen molar-refractivity contribution in [1.82, 2.24) is 20.1 Å². The summed E-state index contributed by atoms with van der Waals surface area (Å²) in [4.78, 5) is 17.2. The minimum Gasteiger partial charge on any atom is -0.337 e. The number of hydrogen-bond donors (Lipinski definition) is 2. The number of benzene rings is 3. The Bertz CT molecular complexity index is 1640. The van der Waals surface area contributed by atoms with E-state index >= 15 is 0 Å². The van der Waals surface area contributed by atoms with Gasteiger partial charge in [0.05, 0.1) is 27.0 Å². The zero-order valence-corrected chi connectivity index (χ0v) is 21.0. The van der Waals surface area contributed by atoms with E-state index in [0.29, 0.717) is 18.1 Å². The largest absolute Gasteiger partial charge is 0.337 e. The number of nitrogens with zero attached hydrogens (tertiary/aromatic N) is 3. The lowest BCUT2D eigenvalue weighted by Gasteiger charge is -2.04. The number of carbonyl (C=O) groups excluding carboxylic acids is 1. The van der Waals surface area contributed by atoms with Crippen molar-refractivity contribution >= 4 is 42.6 Å². The topological polar surface area (TPSA) is 106 Å². The van der Waals surface area contributed by atoms with Crippen LogP contribution in [0.25, 0.3) is 27.0 Å². The van der Waals surface area contributed by atoms with Crippen molar-refractivity contribution in [2.75, 3.05) is 18.1 Å². The molecule has 36 heavy (non-hydrogen) atoms. The monoisotopic (exact) mass is 517 g/mol. The van der Waals surface area contributed by atoms with Crippen molar-refractivity contribution in [3.63, 3.8) is 0 Å². The van der Waals surface area contributed by atoms with Crippen LogP contribution in [0.1, 0.15) is 5.56 Å². The van der Waals surface area contributed by atoms with Gasteiger partial charge in [-0.1, -0.05) is 47.7 Å². The molecule has 0 unspecified atom stereocenters. The highest BCUT2D eigenvalue weighted by Gasteiger charge is 2.11. The van der Waals surface area contributed by atoms with Gasteiger partial charge in [-0.05, 0) is 59.5 Å². The standard InChI is InChI=1S/C26H23N5O3S2/c1-36(33,34)22-9-5-6-19(14-22)20-10-11-23-24(15-20)35-26(29-23)30-25(32)27-13-12-18-16-28-31(17-18)21-7-3-2-4-8-21/h2-11,14-17H,12-13H2,1H3,(H2,27,29,30,32). The molecule has 0 atom stereocenters. The summed E-state index contributed by atoms with van der Waals surface area (Å²) in [5, 5.41) is 10.5. The molecule has 0 saturated heterocycles. The number of carbonyl (C=O) groups is 1. The lowest BCUT2D eigenvalue weighted by molar-refractivity contribution is 0.252. The molecule has 0 bridgehead atoms. The highest BCUT2D eigenvalue weighted by atomic mass is 32.2. The lowest BCUT2D eigenvalue weighted by atomic mass is 10.1. The summed E-state index contributed by atoms with van der Waals surface area (Å²) in [7, 11) is -3.29. The first-order chi connectivity index (χ1) is 17.3. The van der Waals surface area contributed by atoms with Gasteiger partial charge < -0.3 is 5.32 Å². The molecule has 0 saturated carbocycles. The molecule has 2 amide bonds. The minimum absolute atomic E-state index is 0.274. The number of nitrogens with one attached hydrogen (secondary N) is 2. The van der Waals surface area contributed by atoms with Gasteiger partial charge in [0, 0.05) is 19.0 Å². The molecule has 0 spiro atoms. The van der Waals surface area contributed by atoms with Gasteiger partial charge in [-0.2, -0.15) is 5.10 Å². The minimum atomic E-state index is -3.29. The zero-order chi connectivity index (χ0) is 25.1. The molecule has 2 N–H and O–H groups in total. The van der Waals surface area contributed by atoms with E-state index in [1.807, 2.05) is 65.5 Å². The summed E-state index contributed by atoms with van der Waals surface area (Å²) in [5.41, 5.74) is 4.44. The Labute approximate surface area is 212 Å². The van der Waals surface area contributed by atoms with Crippen molar-refractivity contribution < 1.29 is 13.2 Å². The summed E-state index contributed by atoms with van der Waals surface area (Å²) < 4.78 is 26.5. The van der Waals surface area contributed by atoms with E-state index in [1.165, 1.54) is 17.6 Å². The van der Waals surface area contributed by atoms with Gasteiger partial charge in [0.15, 0.2) is 15.0 Å². The number of thiazole rings is 1. The molecule has 182 valence electrons. The van der Waals surface area contributed by atoms with E-state index in [1.54, 1.807) is 24.4 Å². The van der Waals surface area contributed by atoms with Gasteiger partial charge in [0.2, 0.25) is 0 Å². The van der Waals surface area contributed by atoms with Crippen molar-refractivity contribution in [2.45, 2.75) is 11.3 Å². The van der Waals surface area contributed by atoms with Crippen LogP contribution in [0.2, 0.25) is 0 Å². The van der Waals surface area contributed by atoms with Crippen LogP contribution in [0, 0.1) is 0 Å². The predicted octanol–water partition coefficient (Wildman–Crippen LogP) is 4.92. The third kappa shape index (κ3) is 5.45. The second-order valence-electron chi connectivity index (χ2n) is 8.26. The molecule has 0 radical (unpaired) electrons. The van der Waals surface area contributed by atoms with Gasteiger partial charge in [0.1, 0.15) is 0 Å². The van der Waals surface area contributed by atoms with Gasteiger partial charge in [0.25, 0.3) is 0 Å². The third-order valence-corrected chi connectivity index (χ3v) is 7.60. The van der Waals surface area contributed by atoms with Crippen molar-refractivity contribution in [3.05, 3.63) is 90.8 Å². The Balaban J connectivity index is 1.20. The van der Waals surface area contributed by atoms with Crippen LogP contribution < -0.4 is 10.6 Å². The van der Waals surface area contributed by atoms with E-state index in [-0.39, 0.29) is 10.9 Å². The second kappa shape index (κ2) is 9.92. The van der Waals surface area contributed by atoms with E-state index in [2.05, 4.69) is 20.7 Å². The van der Waals surface area contributed by atoms with Gasteiger partial charge in [-0.3, -0.25) is 5.32 Å². The molecule has 8 nitrogen and oxygen atoms in total. The van der Waals surface area contributed by atoms with Crippen LogP contribution in [0.4, 0.5) is 9.93 Å². The van der Waals surface area contributed by atoms with E-state index in [0.717, 1.165) is 32.6 Å². The number of amides is 2. The molecule has 10 heteroatoms. The molecule has 0 aliphatic rings. The van der Waals surface area contributed by atoms with Crippen molar-refractivity contribution in [1.29, 1.82) is 0 Å². The number of rotatable bonds is 7. The number of para-hydroxylation sites is 1. The molecule has 3 aromatic carbocycles. The van der Waals surface area contributed by atoms with Crippen LogP contribution in [0.5, 0.6) is 0 Å². The molecular formula is C26H23N5O3S2. The number of sulfone groups is 1. The van der Waals surface area contributed by atoms with Crippen LogP contribution >= 0.6 is 11.3 Å². The molecule has 5 rings (SSSR count). The fourth-order valence-corrected chi connectivity index (χ4v) is 5.30. The maximum atomic E-state index is 12.4. The zero-order valence-electron chi connectivity index (χ0n) is 19.4. The molecule has 0 aliphatic heterocycles. The van der Waals surface area contributed by atoms with Crippen LogP contribution in [0.3, 0.4) is 0 Å². The summed E-state index contributed by atoms with van der Waals surface area (Å²) in [5.74, 6) is 0. The maximum Gasteiger partial charge on any atom is 0.321 e. The fraction of sp³-hybridized carbons (Fsp3) is 0.115. The molecule has 2 aromatic heterocycles. The Morgan fingerprint density at radius 2 is 1.81 bits per heavy atom. The highest BCUT2D eigenvalue weighted by molar-refractivity contribution is 7.90. The number of urea groups is 1. The van der Waals surface area contributed by atoms with Crippen LogP contribution in [-0.2, 0) is 16.3 Å². The third-order valence-electron chi connectivity index (χ3n) is 5.56. The Kier molecular flexibility index (Phi) is 6.53. The van der Waals surface area contributed by atoms with Gasteiger partial charge in [-0.15, -0.1) is 0 Å². The number of aromatic nitrogens is 3. The smallest absolute Gasteiger partial charge is 0.321 e. The normalized spacial score (nSPS) is 11.5. The average molecular weight is 518 g/mol. The highest BCUT2D eigenvalue weighted by Crippen LogP contribution is 2.31. The summed E-state index contributed by atoms with van der Waals surface area (Å²) in [6, 6.07) is 22.1.